The fraction of sp³-hybridized carbons (Fsp3) is 0.632. The number of amides is 2. The predicted octanol–water partition coefficient (Wildman–Crippen LogP) is 3.85. The van der Waals surface area contributed by atoms with Gasteiger partial charge < -0.3 is 15.2 Å². The molecule has 0 heterocycles. The van der Waals surface area contributed by atoms with Gasteiger partial charge in [-0.1, -0.05) is 33.1 Å². The standard InChI is InChI=1S/C19H29FN2O4/c1-13(2)18(11-23)26-22-19(24)21-16-9-8-15(20)10-17(16)25-12-14-6-4-3-5-7-14/h8-10,13-14,18,23H,3-7,11-12H2,1-2H3,(H2,21,22,24). The first kappa shape index (κ1) is 20.5. The summed E-state index contributed by atoms with van der Waals surface area (Å²) in [5.74, 6) is 0.383. The highest BCUT2D eigenvalue weighted by molar-refractivity contribution is 5.90. The highest BCUT2D eigenvalue weighted by atomic mass is 19.1. The molecule has 1 aromatic carbocycles. The molecule has 3 N–H and O–H groups in total. The van der Waals surface area contributed by atoms with Gasteiger partial charge >= 0.3 is 6.03 Å². The number of aliphatic hydroxyl groups excluding tert-OH is 1. The van der Waals surface area contributed by atoms with E-state index < -0.39 is 18.0 Å². The van der Waals surface area contributed by atoms with Crippen LogP contribution in [0.5, 0.6) is 5.75 Å². The number of halogens is 1. The Balaban J connectivity index is 1.91. The van der Waals surface area contributed by atoms with Crippen LogP contribution in [0, 0.1) is 17.7 Å². The number of anilines is 1. The maximum Gasteiger partial charge on any atom is 0.343 e. The molecular formula is C19H29FN2O4. The van der Waals surface area contributed by atoms with E-state index in [0.717, 1.165) is 12.8 Å². The fourth-order valence-electron chi connectivity index (χ4n) is 2.94. The van der Waals surface area contributed by atoms with Crippen molar-refractivity contribution in [3.8, 4) is 5.75 Å². The Hall–Kier alpha value is -1.86. The van der Waals surface area contributed by atoms with E-state index in [2.05, 4.69) is 10.8 Å². The summed E-state index contributed by atoms with van der Waals surface area (Å²) in [6, 6.07) is 3.37. The summed E-state index contributed by atoms with van der Waals surface area (Å²) in [7, 11) is 0. The Morgan fingerprint density at radius 1 is 1.31 bits per heavy atom. The van der Waals surface area contributed by atoms with Gasteiger partial charge in [0.15, 0.2) is 0 Å². The molecular weight excluding hydrogens is 339 g/mol. The second-order valence-electron chi connectivity index (χ2n) is 7.09. The summed E-state index contributed by atoms with van der Waals surface area (Å²) >= 11 is 0. The van der Waals surface area contributed by atoms with E-state index in [4.69, 9.17) is 9.57 Å². The lowest BCUT2D eigenvalue weighted by atomic mass is 9.90. The van der Waals surface area contributed by atoms with Crippen LogP contribution in [0.3, 0.4) is 0 Å². The molecule has 0 aliphatic heterocycles. The molecule has 0 aromatic heterocycles. The third kappa shape index (κ3) is 6.46. The zero-order valence-electron chi connectivity index (χ0n) is 15.5. The molecule has 2 rings (SSSR count). The quantitative estimate of drug-likeness (QED) is 0.609. The van der Waals surface area contributed by atoms with Crippen LogP contribution in [-0.4, -0.2) is 30.5 Å². The first-order valence-electron chi connectivity index (χ1n) is 9.25. The zero-order chi connectivity index (χ0) is 18.9. The molecule has 2 amide bonds. The van der Waals surface area contributed by atoms with E-state index in [1.54, 1.807) is 0 Å². The van der Waals surface area contributed by atoms with Crippen molar-refractivity contribution < 1.29 is 23.9 Å². The molecule has 6 nitrogen and oxygen atoms in total. The third-order valence-electron chi connectivity index (χ3n) is 4.62. The van der Waals surface area contributed by atoms with Crippen molar-refractivity contribution in [2.24, 2.45) is 11.8 Å². The Bertz CT molecular complexity index is 577. The van der Waals surface area contributed by atoms with Gasteiger partial charge in [0.2, 0.25) is 0 Å². The maximum absolute atomic E-state index is 13.6. The summed E-state index contributed by atoms with van der Waals surface area (Å²) in [6.07, 6.45) is 5.38. The summed E-state index contributed by atoms with van der Waals surface area (Å²) < 4.78 is 19.4. The van der Waals surface area contributed by atoms with Crippen LogP contribution in [0.4, 0.5) is 14.9 Å². The monoisotopic (exact) mass is 368 g/mol. The van der Waals surface area contributed by atoms with Crippen LogP contribution >= 0.6 is 0 Å². The van der Waals surface area contributed by atoms with Crippen molar-refractivity contribution >= 4 is 11.7 Å². The van der Waals surface area contributed by atoms with Crippen molar-refractivity contribution in [1.82, 2.24) is 5.48 Å². The van der Waals surface area contributed by atoms with Gasteiger partial charge in [-0.2, -0.15) is 0 Å². The number of hydrogen-bond donors (Lipinski definition) is 3. The summed E-state index contributed by atoms with van der Waals surface area (Å²) in [6.45, 7) is 4.05. The van der Waals surface area contributed by atoms with E-state index in [1.807, 2.05) is 13.8 Å². The van der Waals surface area contributed by atoms with Gasteiger partial charge in [-0.05, 0) is 36.8 Å². The Morgan fingerprint density at radius 2 is 2.04 bits per heavy atom. The molecule has 1 aliphatic carbocycles. The van der Waals surface area contributed by atoms with E-state index in [9.17, 15) is 14.3 Å². The number of hydroxylamine groups is 1. The highest BCUT2D eigenvalue weighted by Gasteiger charge is 2.17. The Labute approximate surface area is 154 Å². The maximum atomic E-state index is 13.6. The van der Waals surface area contributed by atoms with E-state index in [1.165, 1.54) is 37.5 Å². The lowest BCUT2D eigenvalue weighted by Crippen LogP contribution is -2.37. The number of carbonyl (C=O) groups is 1. The Morgan fingerprint density at radius 3 is 2.69 bits per heavy atom. The number of benzene rings is 1. The summed E-state index contributed by atoms with van der Waals surface area (Å²) in [4.78, 5) is 17.2. The minimum absolute atomic E-state index is 0.0421. The molecule has 1 saturated carbocycles. The number of aliphatic hydroxyl groups is 1. The largest absolute Gasteiger partial charge is 0.491 e. The van der Waals surface area contributed by atoms with E-state index in [0.29, 0.717) is 24.0 Å². The SMILES string of the molecule is CC(C)C(CO)ONC(=O)Nc1ccc(F)cc1OCC1CCCCC1. The molecule has 1 unspecified atom stereocenters. The van der Waals surface area contributed by atoms with Crippen LogP contribution in [0.15, 0.2) is 18.2 Å². The van der Waals surface area contributed by atoms with E-state index >= 15 is 0 Å². The Kier molecular flexibility index (Phi) is 8.12. The second-order valence-corrected chi connectivity index (χ2v) is 7.09. The summed E-state index contributed by atoms with van der Waals surface area (Å²) in [5.41, 5.74) is 2.62. The molecule has 0 saturated heterocycles. The molecule has 7 heteroatoms. The van der Waals surface area contributed by atoms with Crippen molar-refractivity contribution in [3.63, 3.8) is 0 Å². The molecule has 1 aliphatic rings. The van der Waals surface area contributed by atoms with Gasteiger partial charge in [0, 0.05) is 6.07 Å². The average Bonchev–Trinajstić information content (AvgIpc) is 2.63. The van der Waals surface area contributed by atoms with Crippen LogP contribution in [0.1, 0.15) is 46.0 Å². The minimum atomic E-state index is -0.613. The van der Waals surface area contributed by atoms with Crippen LogP contribution in [0.2, 0.25) is 0 Å². The number of urea groups is 1. The normalized spacial score (nSPS) is 16.3. The van der Waals surface area contributed by atoms with Gasteiger partial charge in [-0.15, -0.1) is 0 Å². The van der Waals surface area contributed by atoms with Crippen LogP contribution in [0.25, 0.3) is 0 Å². The first-order valence-corrected chi connectivity index (χ1v) is 9.25. The molecule has 0 radical (unpaired) electrons. The van der Waals surface area contributed by atoms with Crippen LogP contribution < -0.4 is 15.5 Å². The highest BCUT2D eigenvalue weighted by Crippen LogP contribution is 2.29. The lowest BCUT2D eigenvalue weighted by molar-refractivity contribution is -0.0532. The average molecular weight is 368 g/mol. The molecule has 0 spiro atoms. The molecule has 26 heavy (non-hydrogen) atoms. The van der Waals surface area contributed by atoms with Gasteiger partial charge in [0.1, 0.15) is 17.7 Å². The minimum Gasteiger partial charge on any atom is -0.491 e. The third-order valence-corrected chi connectivity index (χ3v) is 4.62. The van der Waals surface area contributed by atoms with Crippen molar-refractivity contribution in [2.45, 2.75) is 52.1 Å². The smallest absolute Gasteiger partial charge is 0.343 e. The number of carbonyl (C=O) groups excluding carboxylic acids is 1. The zero-order valence-corrected chi connectivity index (χ0v) is 15.5. The topological polar surface area (TPSA) is 79.8 Å². The number of ether oxygens (including phenoxy) is 1. The fourth-order valence-corrected chi connectivity index (χ4v) is 2.94. The van der Waals surface area contributed by atoms with Crippen LogP contribution in [-0.2, 0) is 4.84 Å². The van der Waals surface area contributed by atoms with Gasteiger partial charge in [-0.3, -0.25) is 4.84 Å². The van der Waals surface area contributed by atoms with E-state index in [-0.39, 0.29) is 12.5 Å². The van der Waals surface area contributed by atoms with Gasteiger partial charge in [0.05, 0.1) is 18.9 Å². The van der Waals surface area contributed by atoms with Gasteiger partial charge in [-0.25, -0.2) is 14.7 Å². The van der Waals surface area contributed by atoms with Crippen molar-refractivity contribution in [2.75, 3.05) is 18.5 Å². The second kappa shape index (κ2) is 10.3. The van der Waals surface area contributed by atoms with Gasteiger partial charge in [0.25, 0.3) is 0 Å². The number of hydrogen-bond acceptors (Lipinski definition) is 4. The first-order chi connectivity index (χ1) is 12.5. The summed E-state index contributed by atoms with van der Waals surface area (Å²) in [5, 5.41) is 11.8. The number of nitrogens with one attached hydrogen (secondary N) is 2. The molecule has 1 aromatic rings. The molecule has 0 bridgehead atoms. The van der Waals surface area contributed by atoms with Crippen molar-refractivity contribution in [1.29, 1.82) is 0 Å². The predicted molar refractivity (Wildman–Crippen MR) is 97.4 cm³/mol. The lowest BCUT2D eigenvalue weighted by Gasteiger charge is -2.22. The molecule has 1 fully saturated rings. The molecule has 1 atom stereocenters. The van der Waals surface area contributed by atoms with Crippen molar-refractivity contribution in [3.05, 3.63) is 24.0 Å². The number of rotatable bonds is 8. The molecule has 146 valence electrons.